The molecule has 0 radical (unpaired) electrons. The predicted molar refractivity (Wildman–Crippen MR) is 90.5 cm³/mol. The van der Waals surface area contributed by atoms with Crippen LogP contribution in [0.1, 0.15) is 24.0 Å². The van der Waals surface area contributed by atoms with Crippen molar-refractivity contribution in [2.24, 2.45) is 0 Å². The van der Waals surface area contributed by atoms with Gasteiger partial charge < -0.3 is 14.4 Å². The number of ether oxygens (including phenoxy) is 2. The molecule has 2 aromatic carbocycles. The zero-order valence-corrected chi connectivity index (χ0v) is 13.7. The van der Waals surface area contributed by atoms with Gasteiger partial charge in [0.25, 0.3) is 0 Å². The van der Waals surface area contributed by atoms with E-state index in [-0.39, 0.29) is 11.8 Å². The molecule has 0 spiro atoms. The second-order valence-corrected chi connectivity index (χ2v) is 5.80. The Morgan fingerprint density at radius 1 is 1.04 bits per heavy atom. The van der Waals surface area contributed by atoms with Gasteiger partial charge in [0.1, 0.15) is 11.5 Å². The number of nitrogens with zero attached hydrogens (tertiary/aromatic N) is 1. The van der Waals surface area contributed by atoms with Crippen LogP contribution in [0.25, 0.3) is 0 Å². The van der Waals surface area contributed by atoms with Crippen LogP contribution in [-0.4, -0.2) is 26.7 Å². The minimum Gasteiger partial charge on any atom is -0.497 e. The van der Waals surface area contributed by atoms with Gasteiger partial charge in [0.2, 0.25) is 5.91 Å². The molecule has 1 aliphatic heterocycles. The van der Waals surface area contributed by atoms with E-state index in [4.69, 9.17) is 9.47 Å². The van der Waals surface area contributed by atoms with E-state index >= 15 is 0 Å². The van der Waals surface area contributed by atoms with Crippen molar-refractivity contribution in [3.8, 4) is 11.5 Å². The lowest BCUT2D eigenvalue weighted by atomic mass is 9.87. The molecule has 2 aromatic rings. The topological polar surface area (TPSA) is 38.8 Å². The van der Waals surface area contributed by atoms with Crippen molar-refractivity contribution in [2.45, 2.75) is 19.3 Å². The quantitative estimate of drug-likeness (QED) is 0.872. The van der Waals surface area contributed by atoms with Gasteiger partial charge in [0.15, 0.2) is 0 Å². The van der Waals surface area contributed by atoms with E-state index in [0.717, 1.165) is 23.6 Å². The molecule has 1 atom stereocenters. The summed E-state index contributed by atoms with van der Waals surface area (Å²) in [7, 11) is 3.31. The molecule has 0 saturated carbocycles. The number of fused-ring (bicyclic) bond motifs is 1. The molecule has 0 aromatic heterocycles. The van der Waals surface area contributed by atoms with Gasteiger partial charge in [-0.25, -0.2) is 0 Å². The standard InChI is InChI=1S/C19H21NO3/c1-13(21)20-12-16(14-4-7-17(22-2)8-5-14)10-15-6-9-18(23-3)11-19(15)20/h4-9,11,16H,10,12H2,1-3H3. The number of carbonyl (C=O) groups excluding carboxylic acids is 1. The zero-order chi connectivity index (χ0) is 16.4. The fourth-order valence-electron chi connectivity index (χ4n) is 3.14. The summed E-state index contributed by atoms with van der Waals surface area (Å²) >= 11 is 0. The summed E-state index contributed by atoms with van der Waals surface area (Å²) in [6.07, 6.45) is 0.912. The van der Waals surface area contributed by atoms with Gasteiger partial charge in [-0.05, 0) is 35.7 Å². The number of benzene rings is 2. The lowest BCUT2D eigenvalue weighted by molar-refractivity contribution is -0.116. The number of carbonyl (C=O) groups is 1. The first-order valence-corrected chi connectivity index (χ1v) is 7.71. The molecule has 23 heavy (non-hydrogen) atoms. The number of anilines is 1. The molecular weight excluding hydrogens is 290 g/mol. The van der Waals surface area contributed by atoms with Crippen LogP contribution in [0.5, 0.6) is 11.5 Å². The van der Waals surface area contributed by atoms with Crippen molar-refractivity contribution in [3.05, 3.63) is 53.6 Å². The van der Waals surface area contributed by atoms with Gasteiger partial charge in [0, 0.05) is 25.5 Å². The van der Waals surface area contributed by atoms with E-state index in [2.05, 4.69) is 18.2 Å². The van der Waals surface area contributed by atoms with E-state index in [9.17, 15) is 4.79 Å². The molecule has 4 nitrogen and oxygen atoms in total. The zero-order valence-electron chi connectivity index (χ0n) is 13.7. The van der Waals surface area contributed by atoms with Crippen LogP contribution in [0, 0.1) is 0 Å². The first-order chi connectivity index (χ1) is 11.1. The Morgan fingerprint density at radius 3 is 2.30 bits per heavy atom. The second kappa shape index (κ2) is 6.32. The third-order valence-corrected chi connectivity index (χ3v) is 4.42. The Balaban J connectivity index is 1.95. The Bertz CT molecular complexity index is 709. The summed E-state index contributed by atoms with van der Waals surface area (Å²) in [6.45, 7) is 2.29. The molecule has 1 heterocycles. The van der Waals surface area contributed by atoms with Crippen LogP contribution in [0.3, 0.4) is 0 Å². The smallest absolute Gasteiger partial charge is 0.223 e. The molecular formula is C19H21NO3. The summed E-state index contributed by atoms with van der Waals surface area (Å²) in [5.74, 6) is 1.96. The fourth-order valence-corrected chi connectivity index (χ4v) is 3.14. The lowest BCUT2D eigenvalue weighted by Gasteiger charge is -2.34. The van der Waals surface area contributed by atoms with Gasteiger partial charge in [-0.3, -0.25) is 4.79 Å². The number of methoxy groups -OCH3 is 2. The van der Waals surface area contributed by atoms with Gasteiger partial charge in [-0.2, -0.15) is 0 Å². The van der Waals surface area contributed by atoms with E-state index in [1.807, 2.05) is 29.2 Å². The van der Waals surface area contributed by atoms with Crippen LogP contribution >= 0.6 is 0 Å². The van der Waals surface area contributed by atoms with E-state index in [1.165, 1.54) is 11.1 Å². The minimum atomic E-state index is 0.0534. The number of hydrogen-bond acceptors (Lipinski definition) is 3. The maximum Gasteiger partial charge on any atom is 0.223 e. The number of rotatable bonds is 3. The molecule has 1 aliphatic rings. The molecule has 1 amide bonds. The molecule has 120 valence electrons. The third kappa shape index (κ3) is 3.02. The molecule has 1 unspecified atom stereocenters. The molecule has 0 bridgehead atoms. The van der Waals surface area contributed by atoms with Crippen molar-refractivity contribution in [3.63, 3.8) is 0 Å². The van der Waals surface area contributed by atoms with Crippen molar-refractivity contribution in [1.29, 1.82) is 0 Å². The van der Waals surface area contributed by atoms with Crippen LogP contribution < -0.4 is 14.4 Å². The largest absolute Gasteiger partial charge is 0.497 e. The van der Waals surface area contributed by atoms with E-state index in [1.54, 1.807) is 21.1 Å². The number of hydrogen-bond donors (Lipinski definition) is 0. The van der Waals surface area contributed by atoms with Gasteiger partial charge in [-0.15, -0.1) is 0 Å². The maximum absolute atomic E-state index is 12.1. The normalized spacial score (nSPS) is 16.7. The monoisotopic (exact) mass is 311 g/mol. The third-order valence-electron chi connectivity index (χ3n) is 4.42. The highest BCUT2D eigenvalue weighted by Crippen LogP contribution is 2.37. The SMILES string of the molecule is COc1ccc(C2Cc3ccc(OC)cc3N(C(C)=O)C2)cc1. The highest BCUT2D eigenvalue weighted by atomic mass is 16.5. The Labute approximate surface area is 136 Å². The fraction of sp³-hybridized carbons (Fsp3) is 0.316. The van der Waals surface area contributed by atoms with Gasteiger partial charge in [0.05, 0.1) is 19.9 Å². The van der Waals surface area contributed by atoms with E-state index < -0.39 is 0 Å². The maximum atomic E-state index is 12.1. The summed E-state index contributed by atoms with van der Waals surface area (Å²) in [5.41, 5.74) is 3.35. The predicted octanol–water partition coefficient (Wildman–Crippen LogP) is 3.40. The summed E-state index contributed by atoms with van der Waals surface area (Å²) in [4.78, 5) is 13.9. The summed E-state index contributed by atoms with van der Waals surface area (Å²) < 4.78 is 10.5. The van der Waals surface area contributed by atoms with Crippen molar-refractivity contribution in [1.82, 2.24) is 0 Å². The summed E-state index contributed by atoms with van der Waals surface area (Å²) in [6, 6.07) is 14.1. The van der Waals surface area contributed by atoms with Crippen LogP contribution in [0.2, 0.25) is 0 Å². The first-order valence-electron chi connectivity index (χ1n) is 7.71. The van der Waals surface area contributed by atoms with E-state index in [0.29, 0.717) is 6.54 Å². The molecule has 0 aliphatic carbocycles. The average molecular weight is 311 g/mol. The molecule has 3 rings (SSSR count). The van der Waals surface area contributed by atoms with Crippen molar-refractivity contribution < 1.29 is 14.3 Å². The van der Waals surface area contributed by atoms with Crippen molar-refractivity contribution in [2.75, 3.05) is 25.7 Å². The molecule has 0 fully saturated rings. The van der Waals surface area contributed by atoms with Gasteiger partial charge in [-0.1, -0.05) is 18.2 Å². The molecule has 0 N–H and O–H groups in total. The Kier molecular flexibility index (Phi) is 4.24. The highest BCUT2D eigenvalue weighted by molar-refractivity contribution is 5.93. The number of amides is 1. The molecule has 4 heteroatoms. The highest BCUT2D eigenvalue weighted by Gasteiger charge is 2.28. The average Bonchev–Trinajstić information content (AvgIpc) is 2.60. The Hall–Kier alpha value is -2.49. The Morgan fingerprint density at radius 2 is 1.70 bits per heavy atom. The van der Waals surface area contributed by atoms with Crippen molar-refractivity contribution >= 4 is 11.6 Å². The van der Waals surface area contributed by atoms with Crippen LogP contribution in [-0.2, 0) is 11.2 Å². The molecule has 0 saturated heterocycles. The first kappa shape index (κ1) is 15.4. The lowest BCUT2D eigenvalue weighted by Crippen LogP contribution is -2.37. The van der Waals surface area contributed by atoms with Gasteiger partial charge >= 0.3 is 0 Å². The van der Waals surface area contributed by atoms with Crippen LogP contribution in [0.15, 0.2) is 42.5 Å². The second-order valence-electron chi connectivity index (χ2n) is 5.80. The minimum absolute atomic E-state index is 0.0534. The summed E-state index contributed by atoms with van der Waals surface area (Å²) in [5, 5.41) is 0. The van der Waals surface area contributed by atoms with Crippen LogP contribution in [0.4, 0.5) is 5.69 Å².